The summed E-state index contributed by atoms with van der Waals surface area (Å²) in [6, 6.07) is 12.9. The quantitative estimate of drug-likeness (QED) is 0.653. The normalized spacial score (nSPS) is 12.7. The fourth-order valence-corrected chi connectivity index (χ4v) is 2.86. The molecule has 0 radical (unpaired) electrons. The molecule has 1 unspecified atom stereocenters. The van der Waals surface area contributed by atoms with E-state index in [4.69, 9.17) is 11.6 Å². The zero-order valence-corrected chi connectivity index (χ0v) is 12.9. The molecule has 0 bridgehead atoms. The summed E-state index contributed by atoms with van der Waals surface area (Å²) >= 11 is 6.50. The minimum absolute atomic E-state index is 0.194. The summed E-state index contributed by atoms with van der Waals surface area (Å²) in [5.74, 6) is 0.542. The third-order valence-electron chi connectivity index (χ3n) is 3.70. The van der Waals surface area contributed by atoms with Crippen molar-refractivity contribution in [2.45, 2.75) is 39.0 Å². The third kappa shape index (κ3) is 3.40. The van der Waals surface area contributed by atoms with Gasteiger partial charge in [0.25, 0.3) is 0 Å². The number of rotatable bonds is 4. The fraction of sp³-hybridized carbons (Fsp3) is 0.333. The first kappa shape index (κ1) is 15.1. The van der Waals surface area contributed by atoms with Gasteiger partial charge in [0.2, 0.25) is 0 Å². The van der Waals surface area contributed by atoms with Crippen LogP contribution >= 0.6 is 11.6 Å². The number of hydrogen-bond acceptors (Lipinski definition) is 0. The van der Waals surface area contributed by atoms with Gasteiger partial charge < -0.3 is 0 Å². The lowest BCUT2D eigenvalue weighted by atomic mass is 9.91. The topological polar surface area (TPSA) is 0 Å². The summed E-state index contributed by atoms with van der Waals surface area (Å²) in [5, 5.41) is 0.872. The van der Waals surface area contributed by atoms with Crippen LogP contribution in [-0.2, 0) is 6.42 Å². The van der Waals surface area contributed by atoms with Gasteiger partial charge in [0.05, 0.1) is 0 Å². The highest BCUT2D eigenvalue weighted by Crippen LogP contribution is 2.31. The summed E-state index contributed by atoms with van der Waals surface area (Å²) in [6.45, 7) is 6.44. The highest BCUT2D eigenvalue weighted by atomic mass is 35.5. The first-order valence-corrected chi connectivity index (χ1v) is 7.39. The molecule has 0 aliphatic heterocycles. The molecule has 0 fully saturated rings. The molecule has 0 heterocycles. The van der Waals surface area contributed by atoms with Gasteiger partial charge in [-0.05, 0) is 47.1 Å². The lowest BCUT2D eigenvalue weighted by molar-refractivity contribution is 0.625. The van der Waals surface area contributed by atoms with Crippen molar-refractivity contribution < 1.29 is 4.39 Å². The Morgan fingerprint density at radius 1 is 1.00 bits per heavy atom. The maximum absolute atomic E-state index is 13.0. The van der Waals surface area contributed by atoms with Crippen LogP contribution in [0.2, 0.25) is 5.02 Å². The third-order valence-corrected chi connectivity index (χ3v) is 4.16. The van der Waals surface area contributed by atoms with E-state index in [1.807, 2.05) is 12.1 Å². The minimum atomic E-state index is -0.194. The molecular formula is C18H20ClF. The van der Waals surface area contributed by atoms with Crippen LogP contribution in [0.25, 0.3) is 0 Å². The van der Waals surface area contributed by atoms with Crippen molar-refractivity contribution >= 4 is 11.6 Å². The standard InChI is InChI=1S/C18H20ClF/c1-12(2)17-6-4-5-15(18(17)19)11-13(3)14-7-9-16(20)10-8-14/h4-10,12-13H,11H2,1-3H3. The molecule has 0 saturated heterocycles. The molecule has 2 aromatic rings. The Bertz CT molecular complexity index is 572. The predicted molar refractivity (Wildman–Crippen MR) is 84.1 cm³/mol. The monoisotopic (exact) mass is 290 g/mol. The van der Waals surface area contributed by atoms with Crippen molar-refractivity contribution in [3.63, 3.8) is 0 Å². The molecular weight excluding hydrogens is 271 g/mol. The summed E-state index contributed by atoms with van der Waals surface area (Å²) < 4.78 is 13.0. The van der Waals surface area contributed by atoms with E-state index in [-0.39, 0.29) is 5.82 Å². The molecule has 0 aliphatic rings. The van der Waals surface area contributed by atoms with Crippen molar-refractivity contribution in [1.82, 2.24) is 0 Å². The van der Waals surface area contributed by atoms with Crippen molar-refractivity contribution in [3.8, 4) is 0 Å². The van der Waals surface area contributed by atoms with Crippen LogP contribution in [0.3, 0.4) is 0 Å². The summed E-state index contributed by atoms with van der Waals surface area (Å²) in [5.41, 5.74) is 3.49. The SMILES string of the molecule is CC(C)c1cccc(CC(C)c2ccc(F)cc2)c1Cl. The van der Waals surface area contributed by atoms with Crippen LogP contribution in [0.15, 0.2) is 42.5 Å². The average Bonchev–Trinajstić information content (AvgIpc) is 2.41. The van der Waals surface area contributed by atoms with Gasteiger partial charge in [0.15, 0.2) is 0 Å². The average molecular weight is 291 g/mol. The Morgan fingerprint density at radius 2 is 1.65 bits per heavy atom. The van der Waals surface area contributed by atoms with E-state index < -0.39 is 0 Å². The predicted octanol–water partition coefficient (Wildman–Crippen LogP) is 5.95. The first-order chi connectivity index (χ1) is 9.49. The first-order valence-electron chi connectivity index (χ1n) is 7.01. The van der Waals surface area contributed by atoms with Gasteiger partial charge in [-0.2, -0.15) is 0 Å². The van der Waals surface area contributed by atoms with E-state index >= 15 is 0 Å². The van der Waals surface area contributed by atoms with Crippen LogP contribution < -0.4 is 0 Å². The van der Waals surface area contributed by atoms with E-state index in [9.17, 15) is 4.39 Å². The molecule has 2 aromatic carbocycles. The Hall–Kier alpha value is -1.34. The Labute approximate surface area is 125 Å². The van der Waals surface area contributed by atoms with Crippen molar-refractivity contribution in [2.75, 3.05) is 0 Å². The number of halogens is 2. The van der Waals surface area contributed by atoms with Gasteiger partial charge in [-0.25, -0.2) is 4.39 Å². The van der Waals surface area contributed by atoms with Crippen LogP contribution in [-0.4, -0.2) is 0 Å². The van der Waals surface area contributed by atoms with Gasteiger partial charge in [-0.15, -0.1) is 0 Å². The van der Waals surface area contributed by atoms with E-state index in [0.717, 1.165) is 22.6 Å². The summed E-state index contributed by atoms with van der Waals surface area (Å²) in [6.07, 6.45) is 0.866. The summed E-state index contributed by atoms with van der Waals surface area (Å²) in [7, 11) is 0. The van der Waals surface area contributed by atoms with Gasteiger partial charge in [0, 0.05) is 5.02 Å². The molecule has 2 heteroatoms. The number of hydrogen-bond donors (Lipinski definition) is 0. The minimum Gasteiger partial charge on any atom is -0.207 e. The van der Waals surface area contributed by atoms with Gasteiger partial charge >= 0.3 is 0 Å². The molecule has 2 rings (SSSR count). The molecule has 0 aliphatic carbocycles. The molecule has 1 atom stereocenters. The molecule has 0 spiro atoms. The largest absolute Gasteiger partial charge is 0.207 e. The highest BCUT2D eigenvalue weighted by Gasteiger charge is 2.13. The van der Waals surface area contributed by atoms with Crippen molar-refractivity contribution in [1.29, 1.82) is 0 Å². The highest BCUT2D eigenvalue weighted by molar-refractivity contribution is 6.32. The van der Waals surface area contributed by atoms with Crippen molar-refractivity contribution in [3.05, 3.63) is 70.0 Å². The zero-order valence-electron chi connectivity index (χ0n) is 12.2. The lowest BCUT2D eigenvalue weighted by Crippen LogP contribution is -2.01. The molecule has 0 N–H and O–H groups in total. The van der Waals surface area contributed by atoms with E-state index in [2.05, 4.69) is 39.0 Å². The fourth-order valence-electron chi connectivity index (χ4n) is 2.44. The second-order valence-corrected chi connectivity index (χ2v) is 6.01. The van der Waals surface area contributed by atoms with Crippen LogP contribution in [0, 0.1) is 5.82 Å². The van der Waals surface area contributed by atoms with Gasteiger partial charge in [-0.1, -0.05) is 62.7 Å². The molecule has 0 nitrogen and oxygen atoms in total. The molecule has 0 saturated carbocycles. The maximum atomic E-state index is 13.0. The lowest BCUT2D eigenvalue weighted by Gasteiger charge is -2.16. The van der Waals surface area contributed by atoms with Crippen LogP contribution in [0.5, 0.6) is 0 Å². The Morgan fingerprint density at radius 3 is 2.25 bits per heavy atom. The zero-order chi connectivity index (χ0) is 14.7. The Kier molecular flexibility index (Phi) is 4.82. The second kappa shape index (κ2) is 6.41. The van der Waals surface area contributed by atoms with Crippen molar-refractivity contribution in [2.24, 2.45) is 0 Å². The Balaban J connectivity index is 2.21. The smallest absolute Gasteiger partial charge is 0.123 e. The molecule has 20 heavy (non-hydrogen) atoms. The molecule has 0 amide bonds. The van der Waals surface area contributed by atoms with E-state index in [1.165, 1.54) is 17.7 Å². The molecule has 0 aromatic heterocycles. The maximum Gasteiger partial charge on any atom is 0.123 e. The van der Waals surface area contributed by atoms with Crippen LogP contribution in [0.4, 0.5) is 4.39 Å². The van der Waals surface area contributed by atoms with E-state index in [0.29, 0.717) is 11.8 Å². The second-order valence-electron chi connectivity index (χ2n) is 5.63. The van der Waals surface area contributed by atoms with Gasteiger partial charge in [0.1, 0.15) is 5.82 Å². The summed E-state index contributed by atoms with van der Waals surface area (Å²) in [4.78, 5) is 0. The van der Waals surface area contributed by atoms with Gasteiger partial charge in [-0.3, -0.25) is 0 Å². The number of benzene rings is 2. The van der Waals surface area contributed by atoms with Crippen LogP contribution in [0.1, 0.15) is 49.3 Å². The van der Waals surface area contributed by atoms with E-state index in [1.54, 1.807) is 0 Å². The molecule has 106 valence electrons.